The summed E-state index contributed by atoms with van der Waals surface area (Å²) in [6.45, 7) is 2.54. The van der Waals surface area contributed by atoms with E-state index >= 15 is 0 Å². The summed E-state index contributed by atoms with van der Waals surface area (Å²) in [7, 11) is 0. The van der Waals surface area contributed by atoms with Crippen LogP contribution in [0.25, 0.3) is 0 Å². The molecule has 1 saturated heterocycles. The number of carbonyl (C=O) groups excluding carboxylic acids is 1. The molecule has 4 nitrogen and oxygen atoms in total. The number of hydrogen-bond acceptors (Lipinski definition) is 3. The Morgan fingerprint density at radius 3 is 2.72 bits per heavy atom. The summed E-state index contributed by atoms with van der Waals surface area (Å²) in [6.07, 6.45) is 6.39. The SMILES string of the molecule is NCC1CCCC(C(=O)N2CCCC(CO)C2)C1. The Kier molecular flexibility index (Phi) is 5.01. The van der Waals surface area contributed by atoms with Gasteiger partial charge in [-0.15, -0.1) is 0 Å². The molecule has 3 unspecified atom stereocenters. The van der Waals surface area contributed by atoms with Gasteiger partial charge in [0.15, 0.2) is 0 Å². The summed E-state index contributed by atoms with van der Waals surface area (Å²) >= 11 is 0. The summed E-state index contributed by atoms with van der Waals surface area (Å²) in [5, 5.41) is 9.23. The second-order valence-electron chi connectivity index (χ2n) is 5.94. The topological polar surface area (TPSA) is 66.6 Å². The Bertz CT molecular complexity index is 257. The molecule has 1 aliphatic heterocycles. The molecule has 0 bridgehead atoms. The normalized spacial score (nSPS) is 33.4. The maximum atomic E-state index is 12.5. The fourth-order valence-electron chi connectivity index (χ4n) is 3.40. The molecule has 0 radical (unpaired) electrons. The molecule has 0 aromatic carbocycles. The van der Waals surface area contributed by atoms with E-state index in [9.17, 15) is 9.90 Å². The first-order valence-corrected chi connectivity index (χ1v) is 7.34. The third-order valence-electron chi connectivity index (χ3n) is 4.55. The van der Waals surface area contributed by atoms with E-state index in [0.717, 1.165) is 45.2 Å². The number of piperidine rings is 1. The van der Waals surface area contributed by atoms with Crippen molar-refractivity contribution >= 4 is 5.91 Å². The van der Waals surface area contributed by atoms with Crippen LogP contribution < -0.4 is 5.73 Å². The molecule has 104 valence electrons. The van der Waals surface area contributed by atoms with E-state index in [1.54, 1.807) is 0 Å². The molecule has 0 aromatic heterocycles. The Morgan fingerprint density at radius 2 is 2.00 bits per heavy atom. The van der Waals surface area contributed by atoms with Crippen molar-refractivity contribution in [1.82, 2.24) is 4.90 Å². The van der Waals surface area contributed by atoms with Crippen molar-refractivity contribution in [2.75, 3.05) is 26.2 Å². The van der Waals surface area contributed by atoms with Crippen LogP contribution in [-0.2, 0) is 4.79 Å². The molecular formula is C14H26N2O2. The number of aliphatic hydroxyl groups excluding tert-OH is 1. The largest absolute Gasteiger partial charge is 0.396 e. The van der Waals surface area contributed by atoms with E-state index in [0.29, 0.717) is 18.4 Å². The number of likely N-dealkylation sites (tertiary alicyclic amines) is 1. The molecule has 1 saturated carbocycles. The molecule has 0 spiro atoms. The number of aliphatic hydroxyl groups is 1. The van der Waals surface area contributed by atoms with Crippen LogP contribution in [0.5, 0.6) is 0 Å². The van der Waals surface area contributed by atoms with Crippen LogP contribution in [0.4, 0.5) is 0 Å². The van der Waals surface area contributed by atoms with E-state index in [1.807, 2.05) is 4.90 Å². The monoisotopic (exact) mass is 254 g/mol. The lowest BCUT2D eigenvalue weighted by Crippen LogP contribution is -2.45. The highest BCUT2D eigenvalue weighted by atomic mass is 16.3. The van der Waals surface area contributed by atoms with Crippen molar-refractivity contribution in [2.45, 2.75) is 38.5 Å². The van der Waals surface area contributed by atoms with Gasteiger partial charge in [0, 0.05) is 25.6 Å². The molecule has 3 atom stereocenters. The first-order chi connectivity index (χ1) is 8.74. The summed E-state index contributed by atoms with van der Waals surface area (Å²) in [5.74, 6) is 1.32. The minimum atomic E-state index is 0.185. The number of carbonyl (C=O) groups is 1. The van der Waals surface area contributed by atoms with E-state index < -0.39 is 0 Å². The third kappa shape index (κ3) is 3.23. The average Bonchev–Trinajstić information content (AvgIpc) is 2.46. The van der Waals surface area contributed by atoms with E-state index in [1.165, 1.54) is 6.42 Å². The number of amides is 1. The standard InChI is InChI=1S/C14H26N2O2/c15-8-11-3-1-5-13(7-11)14(18)16-6-2-4-12(9-16)10-17/h11-13,17H,1-10,15H2. The van der Waals surface area contributed by atoms with Gasteiger partial charge in [-0.1, -0.05) is 6.42 Å². The van der Waals surface area contributed by atoms with Gasteiger partial charge in [-0.3, -0.25) is 4.79 Å². The minimum Gasteiger partial charge on any atom is -0.396 e. The second kappa shape index (κ2) is 6.53. The first-order valence-electron chi connectivity index (χ1n) is 7.34. The molecule has 1 amide bonds. The Balaban J connectivity index is 1.89. The van der Waals surface area contributed by atoms with Crippen LogP contribution in [0, 0.1) is 17.8 Å². The molecular weight excluding hydrogens is 228 g/mol. The maximum absolute atomic E-state index is 12.5. The minimum absolute atomic E-state index is 0.185. The smallest absolute Gasteiger partial charge is 0.225 e. The van der Waals surface area contributed by atoms with Gasteiger partial charge in [0.2, 0.25) is 5.91 Å². The van der Waals surface area contributed by atoms with Crippen LogP contribution in [0.2, 0.25) is 0 Å². The molecule has 0 aromatic rings. The van der Waals surface area contributed by atoms with E-state index in [2.05, 4.69) is 0 Å². The van der Waals surface area contributed by atoms with Crippen molar-refractivity contribution in [2.24, 2.45) is 23.5 Å². The maximum Gasteiger partial charge on any atom is 0.225 e. The zero-order valence-corrected chi connectivity index (χ0v) is 11.2. The lowest BCUT2D eigenvalue weighted by Gasteiger charge is -2.36. The number of rotatable bonds is 3. The van der Waals surface area contributed by atoms with E-state index in [4.69, 9.17) is 5.73 Å². The van der Waals surface area contributed by atoms with Gasteiger partial charge in [0.1, 0.15) is 0 Å². The van der Waals surface area contributed by atoms with Gasteiger partial charge >= 0.3 is 0 Å². The van der Waals surface area contributed by atoms with Crippen LogP contribution in [0.15, 0.2) is 0 Å². The van der Waals surface area contributed by atoms with Gasteiger partial charge in [-0.25, -0.2) is 0 Å². The highest BCUT2D eigenvalue weighted by molar-refractivity contribution is 5.79. The zero-order chi connectivity index (χ0) is 13.0. The van der Waals surface area contributed by atoms with Gasteiger partial charge in [-0.05, 0) is 50.5 Å². The summed E-state index contributed by atoms with van der Waals surface area (Å²) in [6, 6.07) is 0. The molecule has 3 N–H and O–H groups in total. The predicted octanol–water partition coefficient (Wildman–Crippen LogP) is 0.982. The highest BCUT2D eigenvalue weighted by Gasteiger charge is 2.31. The van der Waals surface area contributed by atoms with Crippen molar-refractivity contribution in [3.63, 3.8) is 0 Å². The average molecular weight is 254 g/mol. The molecule has 2 aliphatic rings. The van der Waals surface area contributed by atoms with Gasteiger partial charge in [0.05, 0.1) is 0 Å². The van der Waals surface area contributed by atoms with Crippen LogP contribution in [-0.4, -0.2) is 42.2 Å². The number of hydrogen-bond donors (Lipinski definition) is 2. The number of nitrogens with two attached hydrogens (primary N) is 1. The third-order valence-corrected chi connectivity index (χ3v) is 4.55. The lowest BCUT2D eigenvalue weighted by atomic mass is 9.80. The van der Waals surface area contributed by atoms with Gasteiger partial charge in [-0.2, -0.15) is 0 Å². The zero-order valence-electron chi connectivity index (χ0n) is 11.2. The lowest BCUT2D eigenvalue weighted by molar-refractivity contribution is -0.139. The van der Waals surface area contributed by atoms with Gasteiger partial charge in [0.25, 0.3) is 0 Å². The predicted molar refractivity (Wildman–Crippen MR) is 70.9 cm³/mol. The molecule has 2 rings (SSSR count). The van der Waals surface area contributed by atoms with Gasteiger partial charge < -0.3 is 15.7 Å². The Morgan fingerprint density at radius 1 is 1.22 bits per heavy atom. The Hall–Kier alpha value is -0.610. The quantitative estimate of drug-likeness (QED) is 0.789. The fourth-order valence-corrected chi connectivity index (χ4v) is 3.40. The van der Waals surface area contributed by atoms with Crippen LogP contribution >= 0.6 is 0 Å². The highest BCUT2D eigenvalue weighted by Crippen LogP contribution is 2.30. The Labute approximate surface area is 110 Å². The first kappa shape index (κ1) is 13.8. The summed E-state index contributed by atoms with van der Waals surface area (Å²) in [4.78, 5) is 14.5. The van der Waals surface area contributed by atoms with Crippen molar-refractivity contribution in [3.8, 4) is 0 Å². The molecule has 1 heterocycles. The fraction of sp³-hybridized carbons (Fsp3) is 0.929. The summed E-state index contributed by atoms with van der Waals surface area (Å²) < 4.78 is 0. The van der Waals surface area contributed by atoms with Crippen molar-refractivity contribution in [1.29, 1.82) is 0 Å². The van der Waals surface area contributed by atoms with E-state index in [-0.39, 0.29) is 18.4 Å². The van der Waals surface area contributed by atoms with Crippen molar-refractivity contribution in [3.05, 3.63) is 0 Å². The number of nitrogens with zero attached hydrogens (tertiary/aromatic N) is 1. The van der Waals surface area contributed by atoms with Crippen molar-refractivity contribution < 1.29 is 9.90 Å². The van der Waals surface area contributed by atoms with Crippen LogP contribution in [0.3, 0.4) is 0 Å². The van der Waals surface area contributed by atoms with Crippen LogP contribution in [0.1, 0.15) is 38.5 Å². The molecule has 4 heteroatoms. The summed E-state index contributed by atoms with van der Waals surface area (Å²) in [5.41, 5.74) is 5.73. The molecule has 1 aliphatic carbocycles. The molecule has 2 fully saturated rings. The second-order valence-corrected chi connectivity index (χ2v) is 5.94. The molecule has 18 heavy (non-hydrogen) atoms.